The van der Waals surface area contributed by atoms with Crippen molar-refractivity contribution in [2.75, 3.05) is 4.72 Å². The first-order valence-electron chi connectivity index (χ1n) is 6.69. The van der Waals surface area contributed by atoms with Crippen LogP contribution in [-0.4, -0.2) is 13.4 Å². The van der Waals surface area contributed by atoms with Crippen molar-refractivity contribution in [2.24, 2.45) is 0 Å². The highest BCUT2D eigenvalue weighted by atomic mass is 35.5. The van der Waals surface area contributed by atoms with Crippen LogP contribution in [-0.2, 0) is 16.2 Å². The van der Waals surface area contributed by atoms with E-state index in [0.29, 0.717) is 6.07 Å². The molecule has 0 aliphatic carbocycles. The zero-order valence-electron chi connectivity index (χ0n) is 12.3. The lowest BCUT2D eigenvalue weighted by atomic mass is 10.2. The minimum absolute atomic E-state index is 0.119. The maximum Gasteiger partial charge on any atom is 0.418 e. The molecule has 0 atom stereocenters. The second kappa shape index (κ2) is 6.22. The molecule has 138 valence electrons. The number of nitrogens with one attached hydrogen (secondary N) is 2. The Morgan fingerprint density at radius 2 is 1.81 bits per heavy atom. The molecule has 0 aliphatic heterocycles. The van der Waals surface area contributed by atoms with E-state index in [0.717, 1.165) is 24.3 Å². The highest BCUT2D eigenvalue weighted by Crippen LogP contribution is 2.38. The van der Waals surface area contributed by atoms with Crippen LogP contribution in [0.5, 0.6) is 0 Å². The zero-order chi connectivity index (χ0) is 19.3. The van der Waals surface area contributed by atoms with Gasteiger partial charge in [-0.1, -0.05) is 23.2 Å². The largest absolute Gasteiger partial charge is 0.418 e. The lowest BCUT2D eigenvalue weighted by Crippen LogP contribution is -2.17. The Labute approximate surface area is 153 Å². The van der Waals surface area contributed by atoms with Crippen molar-refractivity contribution in [1.82, 2.24) is 4.98 Å². The van der Waals surface area contributed by atoms with Gasteiger partial charge in [0, 0.05) is 11.1 Å². The number of oxazole rings is 1. The minimum atomic E-state index is -4.84. The van der Waals surface area contributed by atoms with Crippen molar-refractivity contribution in [2.45, 2.75) is 11.1 Å². The highest BCUT2D eigenvalue weighted by molar-refractivity contribution is 7.92. The third kappa shape index (κ3) is 3.53. The molecule has 12 heteroatoms. The number of hydrogen-bond acceptors (Lipinski definition) is 4. The summed E-state index contributed by atoms with van der Waals surface area (Å²) >= 11 is 11.5. The van der Waals surface area contributed by atoms with Crippen LogP contribution in [0.4, 0.5) is 18.9 Å². The van der Waals surface area contributed by atoms with Crippen LogP contribution in [0.3, 0.4) is 0 Å². The topological polar surface area (TPSA) is 92.2 Å². The maximum absolute atomic E-state index is 13.1. The standard InChI is InChI=1S/C14H7Cl2F3N2O4S/c15-6-1-2-9(7(3-6)14(17,18)19)21-26(23,24)12-5-11-10(4-8(12)16)20-13(22)25-11/h1-5,21H,(H,20,22). The van der Waals surface area contributed by atoms with Gasteiger partial charge in [-0.2, -0.15) is 13.2 Å². The molecule has 0 amide bonds. The van der Waals surface area contributed by atoms with Gasteiger partial charge in [-0.05, 0) is 24.3 Å². The molecule has 6 nitrogen and oxygen atoms in total. The van der Waals surface area contributed by atoms with Crippen LogP contribution in [0.2, 0.25) is 10.0 Å². The fourth-order valence-electron chi connectivity index (χ4n) is 2.20. The van der Waals surface area contributed by atoms with Gasteiger partial charge in [0.15, 0.2) is 5.58 Å². The summed E-state index contributed by atoms with van der Waals surface area (Å²) < 4.78 is 71.0. The summed E-state index contributed by atoms with van der Waals surface area (Å²) in [7, 11) is -4.52. The molecule has 26 heavy (non-hydrogen) atoms. The molecule has 2 N–H and O–H groups in total. The molecule has 0 bridgehead atoms. The Balaban J connectivity index is 2.11. The zero-order valence-corrected chi connectivity index (χ0v) is 14.6. The molecule has 0 unspecified atom stereocenters. The van der Waals surface area contributed by atoms with Gasteiger partial charge >= 0.3 is 11.9 Å². The molecule has 1 aromatic heterocycles. The smallest absolute Gasteiger partial charge is 0.408 e. The van der Waals surface area contributed by atoms with E-state index in [-0.39, 0.29) is 21.1 Å². The van der Waals surface area contributed by atoms with E-state index in [1.54, 1.807) is 0 Å². The summed E-state index contributed by atoms with van der Waals surface area (Å²) in [6, 6.07) is 4.62. The molecular formula is C14H7Cl2F3N2O4S. The molecule has 0 radical (unpaired) electrons. The summed E-state index contributed by atoms with van der Waals surface area (Å²) in [5.41, 5.74) is -1.97. The monoisotopic (exact) mass is 426 g/mol. The number of aromatic amines is 1. The lowest BCUT2D eigenvalue weighted by Gasteiger charge is -2.15. The summed E-state index contributed by atoms with van der Waals surface area (Å²) in [6.45, 7) is 0. The average molecular weight is 427 g/mol. The van der Waals surface area contributed by atoms with Crippen molar-refractivity contribution < 1.29 is 26.0 Å². The van der Waals surface area contributed by atoms with Crippen LogP contribution in [0.15, 0.2) is 44.4 Å². The summed E-state index contributed by atoms with van der Waals surface area (Å²) in [5.74, 6) is -0.837. The van der Waals surface area contributed by atoms with Crippen LogP contribution in [0.1, 0.15) is 5.56 Å². The number of alkyl halides is 3. The Bertz CT molecular complexity index is 1170. The predicted molar refractivity (Wildman–Crippen MR) is 89.1 cm³/mol. The van der Waals surface area contributed by atoms with E-state index in [4.69, 9.17) is 27.6 Å². The number of rotatable bonds is 3. The normalized spacial score (nSPS) is 12.5. The Hall–Kier alpha value is -2.17. The van der Waals surface area contributed by atoms with Gasteiger partial charge in [-0.3, -0.25) is 9.71 Å². The van der Waals surface area contributed by atoms with Crippen molar-refractivity contribution in [3.05, 3.63) is 56.5 Å². The second-order valence-corrected chi connectivity index (χ2v) is 7.58. The maximum atomic E-state index is 13.1. The third-order valence-electron chi connectivity index (χ3n) is 3.29. The van der Waals surface area contributed by atoms with Gasteiger partial charge in [0.2, 0.25) is 0 Å². The molecule has 0 spiro atoms. The number of anilines is 1. The van der Waals surface area contributed by atoms with Crippen LogP contribution in [0, 0.1) is 0 Å². The molecule has 2 aromatic carbocycles. The van der Waals surface area contributed by atoms with E-state index in [9.17, 15) is 26.4 Å². The minimum Gasteiger partial charge on any atom is -0.408 e. The van der Waals surface area contributed by atoms with Gasteiger partial charge in [0.05, 0.1) is 21.8 Å². The molecule has 0 saturated heterocycles. The number of benzene rings is 2. The summed E-state index contributed by atoms with van der Waals surface area (Å²) in [4.78, 5) is 12.9. The van der Waals surface area contributed by atoms with Gasteiger partial charge in [0.1, 0.15) is 4.90 Å². The number of halogens is 5. The molecule has 1 heterocycles. The van der Waals surface area contributed by atoms with E-state index < -0.39 is 38.1 Å². The first-order chi connectivity index (χ1) is 12.0. The number of hydrogen-bond donors (Lipinski definition) is 2. The molecule has 0 saturated carbocycles. The SMILES string of the molecule is O=c1[nH]c2cc(Cl)c(S(=O)(=O)Nc3ccc(Cl)cc3C(F)(F)F)cc2o1. The number of fused-ring (bicyclic) bond motifs is 1. The van der Waals surface area contributed by atoms with Gasteiger partial charge in [-0.25, -0.2) is 13.2 Å². The number of H-pyrrole nitrogens is 1. The third-order valence-corrected chi connectivity index (χ3v) is 5.36. The fourth-order valence-corrected chi connectivity index (χ4v) is 3.99. The van der Waals surface area contributed by atoms with Crippen molar-refractivity contribution in [3.63, 3.8) is 0 Å². The van der Waals surface area contributed by atoms with E-state index in [2.05, 4.69) is 4.98 Å². The van der Waals surface area contributed by atoms with Gasteiger partial charge in [-0.15, -0.1) is 0 Å². The molecule has 0 fully saturated rings. The highest BCUT2D eigenvalue weighted by Gasteiger charge is 2.35. The average Bonchev–Trinajstić information content (AvgIpc) is 2.86. The van der Waals surface area contributed by atoms with Crippen LogP contribution < -0.4 is 10.5 Å². The number of aromatic nitrogens is 1. The van der Waals surface area contributed by atoms with Crippen molar-refractivity contribution in [1.29, 1.82) is 0 Å². The fraction of sp³-hybridized carbons (Fsp3) is 0.0714. The number of sulfonamides is 1. The first-order valence-corrected chi connectivity index (χ1v) is 8.93. The van der Waals surface area contributed by atoms with Crippen molar-refractivity contribution in [3.8, 4) is 0 Å². The Morgan fingerprint density at radius 1 is 1.12 bits per heavy atom. The molecule has 3 aromatic rings. The van der Waals surface area contributed by atoms with Gasteiger partial charge in [0.25, 0.3) is 10.0 Å². The summed E-state index contributed by atoms with van der Waals surface area (Å²) in [5, 5.41) is -0.529. The Morgan fingerprint density at radius 3 is 2.46 bits per heavy atom. The molecular weight excluding hydrogens is 420 g/mol. The Kier molecular flexibility index (Phi) is 4.45. The summed E-state index contributed by atoms with van der Waals surface area (Å²) in [6.07, 6.45) is -4.84. The van der Waals surface area contributed by atoms with Gasteiger partial charge < -0.3 is 4.42 Å². The predicted octanol–water partition coefficient (Wildman–Crippen LogP) is 4.25. The van der Waals surface area contributed by atoms with E-state index in [1.807, 2.05) is 4.72 Å². The van der Waals surface area contributed by atoms with Crippen LogP contribution in [0.25, 0.3) is 11.1 Å². The molecule has 0 aliphatic rings. The van der Waals surface area contributed by atoms with Crippen molar-refractivity contribution >= 4 is 50.0 Å². The first kappa shape index (κ1) is 18.6. The lowest BCUT2D eigenvalue weighted by molar-refractivity contribution is -0.136. The molecule has 3 rings (SSSR count). The quantitative estimate of drug-likeness (QED) is 0.654. The second-order valence-electron chi connectivity index (χ2n) is 5.09. The van der Waals surface area contributed by atoms with E-state index in [1.165, 1.54) is 0 Å². The van der Waals surface area contributed by atoms with E-state index >= 15 is 0 Å². The van der Waals surface area contributed by atoms with Crippen LogP contribution >= 0.6 is 23.2 Å².